The molecule has 2 aromatic rings. The van der Waals surface area contributed by atoms with E-state index in [1.165, 1.54) is 18.5 Å². The molecule has 0 saturated carbocycles. The fourth-order valence-electron chi connectivity index (χ4n) is 3.22. The molecule has 1 fully saturated rings. The number of rotatable bonds is 2. The van der Waals surface area contributed by atoms with Crippen molar-refractivity contribution in [3.05, 3.63) is 30.6 Å². The molecule has 1 saturated heterocycles. The van der Waals surface area contributed by atoms with Crippen LogP contribution in [0.2, 0.25) is 0 Å². The SMILES string of the molecule is CC(C)C1CCCN1c1ccc2cnccc2c1N. The fraction of sp³-hybridized carbons (Fsp3) is 0.438. The average molecular weight is 255 g/mol. The van der Waals surface area contributed by atoms with E-state index in [-0.39, 0.29) is 0 Å². The normalized spacial score (nSPS) is 19.5. The minimum Gasteiger partial charge on any atom is -0.397 e. The number of pyridine rings is 1. The summed E-state index contributed by atoms with van der Waals surface area (Å²) in [5.41, 5.74) is 8.48. The summed E-state index contributed by atoms with van der Waals surface area (Å²) >= 11 is 0. The van der Waals surface area contributed by atoms with E-state index in [9.17, 15) is 0 Å². The molecule has 1 atom stereocenters. The Labute approximate surface area is 114 Å². The van der Waals surface area contributed by atoms with Gasteiger partial charge in [0.2, 0.25) is 0 Å². The van der Waals surface area contributed by atoms with E-state index >= 15 is 0 Å². The molecule has 0 spiro atoms. The maximum atomic E-state index is 6.39. The van der Waals surface area contributed by atoms with Crippen LogP contribution in [0.3, 0.4) is 0 Å². The van der Waals surface area contributed by atoms with Crippen LogP contribution in [0.15, 0.2) is 30.6 Å². The van der Waals surface area contributed by atoms with E-state index in [2.05, 4.69) is 35.9 Å². The van der Waals surface area contributed by atoms with Crippen LogP contribution < -0.4 is 10.6 Å². The van der Waals surface area contributed by atoms with Crippen molar-refractivity contribution < 1.29 is 0 Å². The number of nitrogen functional groups attached to an aromatic ring is 1. The Morgan fingerprint density at radius 2 is 2.16 bits per heavy atom. The third kappa shape index (κ3) is 2.03. The van der Waals surface area contributed by atoms with E-state index in [1.807, 2.05) is 18.5 Å². The molecule has 100 valence electrons. The number of benzene rings is 1. The highest BCUT2D eigenvalue weighted by Crippen LogP contribution is 2.36. The van der Waals surface area contributed by atoms with Gasteiger partial charge in [0.25, 0.3) is 0 Å². The van der Waals surface area contributed by atoms with E-state index in [1.54, 1.807) is 0 Å². The molecule has 0 amide bonds. The molecule has 1 aliphatic rings. The highest BCUT2D eigenvalue weighted by molar-refractivity contribution is 5.98. The lowest BCUT2D eigenvalue weighted by Gasteiger charge is -2.31. The number of aromatic nitrogens is 1. The third-order valence-electron chi connectivity index (χ3n) is 4.22. The first-order chi connectivity index (χ1) is 9.18. The van der Waals surface area contributed by atoms with Crippen molar-refractivity contribution in [3.8, 4) is 0 Å². The van der Waals surface area contributed by atoms with Crippen LogP contribution in [-0.2, 0) is 0 Å². The molecule has 0 bridgehead atoms. The van der Waals surface area contributed by atoms with Gasteiger partial charge in [0, 0.05) is 35.8 Å². The number of hydrogen-bond acceptors (Lipinski definition) is 3. The maximum Gasteiger partial charge on any atom is 0.0632 e. The van der Waals surface area contributed by atoms with Gasteiger partial charge >= 0.3 is 0 Å². The van der Waals surface area contributed by atoms with Gasteiger partial charge in [-0.15, -0.1) is 0 Å². The first-order valence-corrected chi connectivity index (χ1v) is 7.07. The number of anilines is 2. The van der Waals surface area contributed by atoms with Crippen molar-refractivity contribution in [2.24, 2.45) is 5.92 Å². The van der Waals surface area contributed by atoms with Gasteiger partial charge in [0.1, 0.15) is 0 Å². The molecule has 2 heterocycles. The predicted octanol–water partition coefficient (Wildman–Crippen LogP) is 3.44. The molecule has 3 heteroatoms. The van der Waals surface area contributed by atoms with Crippen LogP contribution in [0.25, 0.3) is 10.8 Å². The smallest absolute Gasteiger partial charge is 0.0632 e. The second-order valence-electron chi connectivity index (χ2n) is 5.74. The molecular formula is C16H21N3. The Kier molecular flexibility index (Phi) is 3.05. The molecule has 1 unspecified atom stereocenters. The Bertz CT molecular complexity index is 592. The van der Waals surface area contributed by atoms with Gasteiger partial charge in [-0.3, -0.25) is 4.98 Å². The van der Waals surface area contributed by atoms with Crippen LogP contribution in [0.5, 0.6) is 0 Å². The second-order valence-corrected chi connectivity index (χ2v) is 5.74. The highest BCUT2D eigenvalue weighted by Gasteiger charge is 2.28. The van der Waals surface area contributed by atoms with Gasteiger partial charge in [-0.25, -0.2) is 0 Å². The van der Waals surface area contributed by atoms with Crippen molar-refractivity contribution >= 4 is 22.1 Å². The fourth-order valence-corrected chi connectivity index (χ4v) is 3.22. The van der Waals surface area contributed by atoms with Gasteiger partial charge in [-0.05, 0) is 30.9 Å². The third-order valence-corrected chi connectivity index (χ3v) is 4.22. The number of fused-ring (bicyclic) bond motifs is 1. The van der Waals surface area contributed by atoms with Gasteiger partial charge < -0.3 is 10.6 Å². The van der Waals surface area contributed by atoms with Crippen molar-refractivity contribution in [2.75, 3.05) is 17.2 Å². The zero-order valence-corrected chi connectivity index (χ0v) is 11.6. The Balaban J connectivity index is 2.08. The molecule has 3 nitrogen and oxygen atoms in total. The molecule has 1 aromatic carbocycles. The summed E-state index contributed by atoms with van der Waals surface area (Å²) in [5, 5.41) is 2.23. The monoisotopic (exact) mass is 255 g/mol. The zero-order chi connectivity index (χ0) is 13.4. The lowest BCUT2D eigenvalue weighted by atomic mass is 10.0. The van der Waals surface area contributed by atoms with Crippen LogP contribution in [-0.4, -0.2) is 17.6 Å². The van der Waals surface area contributed by atoms with Gasteiger partial charge in [-0.2, -0.15) is 0 Å². The molecular weight excluding hydrogens is 234 g/mol. The minimum atomic E-state index is 0.613. The molecule has 19 heavy (non-hydrogen) atoms. The summed E-state index contributed by atoms with van der Waals surface area (Å²) in [6.45, 7) is 5.71. The number of nitrogens with two attached hydrogens (primary N) is 1. The van der Waals surface area contributed by atoms with Gasteiger partial charge in [-0.1, -0.05) is 19.9 Å². The predicted molar refractivity (Wildman–Crippen MR) is 81.4 cm³/mol. The summed E-state index contributed by atoms with van der Waals surface area (Å²) in [6, 6.07) is 6.90. The van der Waals surface area contributed by atoms with E-state index in [4.69, 9.17) is 5.73 Å². The van der Waals surface area contributed by atoms with Gasteiger partial charge in [0.15, 0.2) is 0 Å². The largest absolute Gasteiger partial charge is 0.397 e. The van der Waals surface area contributed by atoms with Crippen molar-refractivity contribution in [1.29, 1.82) is 0 Å². The van der Waals surface area contributed by atoms with Crippen LogP contribution in [0, 0.1) is 5.92 Å². The van der Waals surface area contributed by atoms with Crippen molar-refractivity contribution in [2.45, 2.75) is 32.7 Å². The quantitative estimate of drug-likeness (QED) is 0.836. The van der Waals surface area contributed by atoms with Gasteiger partial charge in [0.05, 0.1) is 11.4 Å². The number of hydrogen-bond donors (Lipinski definition) is 1. The van der Waals surface area contributed by atoms with Crippen LogP contribution in [0.4, 0.5) is 11.4 Å². The standard InChI is InChI=1S/C16H21N3/c1-11(2)14-4-3-9-19(14)15-6-5-12-10-18-8-7-13(12)16(15)17/h5-8,10-11,14H,3-4,9,17H2,1-2H3. The molecule has 0 radical (unpaired) electrons. The maximum absolute atomic E-state index is 6.39. The lowest BCUT2D eigenvalue weighted by Crippen LogP contribution is -2.33. The Morgan fingerprint density at radius 1 is 1.32 bits per heavy atom. The molecule has 1 aromatic heterocycles. The van der Waals surface area contributed by atoms with Crippen LogP contribution in [0.1, 0.15) is 26.7 Å². The van der Waals surface area contributed by atoms with E-state index in [0.717, 1.165) is 23.0 Å². The van der Waals surface area contributed by atoms with Crippen molar-refractivity contribution in [1.82, 2.24) is 4.98 Å². The Hall–Kier alpha value is -1.77. The summed E-state index contributed by atoms with van der Waals surface area (Å²) in [5.74, 6) is 0.662. The minimum absolute atomic E-state index is 0.613. The van der Waals surface area contributed by atoms with Crippen LogP contribution >= 0.6 is 0 Å². The highest BCUT2D eigenvalue weighted by atomic mass is 15.2. The topological polar surface area (TPSA) is 42.2 Å². The van der Waals surface area contributed by atoms with E-state index < -0.39 is 0 Å². The second kappa shape index (κ2) is 4.72. The molecule has 1 aliphatic heterocycles. The average Bonchev–Trinajstić information content (AvgIpc) is 2.89. The summed E-state index contributed by atoms with van der Waals surface area (Å²) < 4.78 is 0. The first kappa shape index (κ1) is 12.3. The Morgan fingerprint density at radius 3 is 2.95 bits per heavy atom. The summed E-state index contributed by atoms with van der Waals surface area (Å²) in [6.07, 6.45) is 6.22. The molecule has 3 rings (SSSR count). The number of nitrogens with zero attached hydrogens (tertiary/aromatic N) is 2. The molecule has 2 N–H and O–H groups in total. The molecule has 0 aliphatic carbocycles. The summed E-state index contributed by atoms with van der Waals surface area (Å²) in [7, 11) is 0. The summed E-state index contributed by atoms with van der Waals surface area (Å²) in [4.78, 5) is 6.64. The van der Waals surface area contributed by atoms with E-state index in [0.29, 0.717) is 12.0 Å². The lowest BCUT2D eigenvalue weighted by molar-refractivity contribution is 0.492. The zero-order valence-electron chi connectivity index (χ0n) is 11.6. The first-order valence-electron chi connectivity index (χ1n) is 7.07. The van der Waals surface area contributed by atoms with Crippen molar-refractivity contribution in [3.63, 3.8) is 0 Å².